The maximum atomic E-state index is 12.7. The van der Waals surface area contributed by atoms with E-state index in [0.717, 1.165) is 0 Å². The van der Waals surface area contributed by atoms with Gasteiger partial charge in [-0.05, 0) is 37.5 Å². The molecule has 2 rings (SSSR count). The topological polar surface area (TPSA) is 99.1 Å². The fourth-order valence-electron chi connectivity index (χ4n) is 2.70. The largest absolute Gasteiger partial charge is 0.507 e. The molecule has 0 bridgehead atoms. The summed E-state index contributed by atoms with van der Waals surface area (Å²) in [6, 6.07) is 2.80. The third-order valence-corrected chi connectivity index (χ3v) is 4.62. The monoisotopic (exact) mass is 402 g/mol. The number of phenols is 1. The summed E-state index contributed by atoms with van der Waals surface area (Å²) in [6.45, 7) is 3.24. The van der Waals surface area contributed by atoms with E-state index in [0.29, 0.717) is 24.8 Å². The minimum atomic E-state index is -0.683. The van der Waals surface area contributed by atoms with Gasteiger partial charge in [-0.25, -0.2) is 9.59 Å². The van der Waals surface area contributed by atoms with Gasteiger partial charge in [0.2, 0.25) is 0 Å². The van der Waals surface area contributed by atoms with Crippen LogP contribution in [0.4, 0.5) is 0 Å². The second kappa shape index (κ2) is 10.5. The summed E-state index contributed by atoms with van der Waals surface area (Å²) < 4.78 is 15.4. The summed E-state index contributed by atoms with van der Waals surface area (Å²) in [7, 11) is 1.24. The summed E-state index contributed by atoms with van der Waals surface area (Å²) in [5, 5.41) is 10.4. The van der Waals surface area contributed by atoms with E-state index in [9.17, 15) is 19.5 Å². The van der Waals surface area contributed by atoms with Crippen LogP contribution in [-0.2, 0) is 19.1 Å². The number of fused-ring (bicyclic) bond motifs is 1. The molecule has 0 aromatic heterocycles. The highest BCUT2D eigenvalue weighted by Gasteiger charge is 2.23. The predicted octanol–water partition coefficient (Wildman–Crippen LogP) is 3.45. The molecule has 1 aliphatic heterocycles. The van der Waals surface area contributed by atoms with Crippen LogP contribution in [-0.4, -0.2) is 42.6 Å². The van der Waals surface area contributed by atoms with Crippen LogP contribution in [0.25, 0.3) is 6.08 Å². The summed E-state index contributed by atoms with van der Waals surface area (Å²) in [5.41, 5.74) is 0.413. The van der Waals surface area contributed by atoms with Gasteiger partial charge >= 0.3 is 11.9 Å². The number of hydrogen-bond donors (Lipinski definition) is 1. The quantitative estimate of drug-likeness (QED) is 0.773. The van der Waals surface area contributed by atoms with Crippen LogP contribution >= 0.6 is 0 Å². The Labute approximate surface area is 170 Å². The smallest absolute Gasteiger partial charge is 0.343 e. The molecule has 1 heterocycles. The fourth-order valence-corrected chi connectivity index (χ4v) is 2.70. The molecule has 0 saturated carbocycles. The Balaban J connectivity index is 2.37. The summed E-state index contributed by atoms with van der Waals surface area (Å²) >= 11 is 0. The second-order valence-electron chi connectivity index (χ2n) is 6.86. The molecule has 0 aliphatic carbocycles. The minimum absolute atomic E-state index is 0.0165. The third-order valence-electron chi connectivity index (χ3n) is 4.62. The van der Waals surface area contributed by atoms with Crippen LogP contribution in [0.1, 0.15) is 49.0 Å². The highest BCUT2D eigenvalue weighted by atomic mass is 16.6. The van der Waals surface area contributed by atoms with Crippen molar-refractivity contribution >= 4 is 23.8 Å². The number of aromatic hydroxyl groups is 1. The van der Waals surface area contributed by atoms with E-state index in [2.05, 4.69) is 4.74 Å². The first-order valence-corrected chi connectivity index (χ1v) is 9.47. The van der Waals surface area contributed by atoms with Crippen LogP contribution in [0.2, 0.25) is 0 Å². The number of ketones is 1. The molecular formula is C22H26O7. The highest BCUT2D eigenvalue weighted by Crippen LogP contribution is 2.31. The lowest BCUT2D eigenvalue weighted by Gasteiger charge is -2.19. The van der Waals surface area contributed by atoms with E-state index in [1.165, 1.54) is 19.3 Å². The lowest BCUT2D eigenvalue weighted by Crippen LogP contribution is -2.22. The number of allylic oxidation sites excluding steroid dienone is 2. The van der Waals surface area contributed by atoms with E-state index >= 15 is 0 Å². The predicted molar refractivity (Wildman–Crippen MR) is 107 cm³/mol. The zero-order valence-corrected chi connectivity index (χ0v) is 16.8. The Morgan fingerprint density at radius 2 is 2.00 bits per heavy atom. The van der Waals surface area contributed by atoms with Gasteiger partial charge in [0.1, 0.15) is 23.2 Å². The summed E-state index contributed by atoms with van der Waals surface area (Å²) in [6.07, 6.45) is 7.93. The molecule has 1 aromatic rings. The molecule has 156 valence electrons. The number of benzene rings is 1. The van der Waals surface area contributed by atoms with Gasteiger partial charge in [0, 0.05) is 18.4 Å². The Kier molecular flexibility index (Phi) is 8.00. The van der Waals surface area contributed by atoms with Crippen LogP contribution < -0.4 is 4.74 Å². The van der Waals surface area contributed by atoms with Gasteiger partial charge in [-0.15, -0.1) is 0 Å². The SMILES string of the molecule is COC(=O)COc1cc(O)c2c(c1)/C=C/CCCC(=O)/C=C\[C@@H](C)[C@H](C)OC2=O. The van der Waals surface area contributed by atoms with Gasteiger partial charge in [-0.3, -0.25) is 4.79 Å². The van der Waals surface area contributed by atoms with Gasteiger partial charge in [0.25, 0.3) is 0 Å². The van der Waals surface area contributed by atoms with Gasteiger partial charge in [-0.1, -0.05) is 25.2 Å². The van der Waals surface area contributed by atoms with Crippen molar-refractivity contribution in [2.24, 2.45) is 5.92 Å². The number of carbonyl (C=O) groups excluding carboxylic acids is 3. The lowest BCUT2D eigenvalue weighted by atomic mass is 10.0. The van der Waals surface area contributed by atoms with E-state index in [1.807, 2.05) is 13.0 Å². The van der Waals surface area contributed by atoms with Crippen molar-refractivity contribution in [2.45, 2.75) is 39.2 Å². The third kappa shape index (κ3) is 6.48. The molecule has 0 amide bonds. The summed E-state index contributed by atoms with van der Waals surface area (Å²) in [4.78, 5) is 35.9. The molecule has 0 saturated heterocycles. The van der Waals surface area contributed by atoms with Crippen molar-refractivity contribution < 1.29 is 33.7 Å². The van der Waals surface area contributed by atoms with Gasteiger partial charge < -0.3 is 19.3 Å². The van der Waals surface area contributed by atoms with Crippen molar-refractivity contribution in [2.75, 3.05) is 13.7 Å². The first-order valence-electron chi connectivity index (χ1n) is 9.47. The van der Waals surface area contributed by atoms with E-state index in [-0.39, 0.29) is 35.4 Å². The van der Waals surface area contributed by atoms with Crippen LogP contribution in [0.15, 0.2) is 30.4 Å². The zero-order valence-electron chi connectivity index (χ0n) is 16.8. The average molecular weight is 402 g/mol. The number of rotatable bonds is 3. The normalized spacial score (nSPS) is 22.6. The molecule has 7 heteroatoms. The average Bonchev–Trinajstić information content (AvgIpc) is 2.68. The first kappa shape index (κ1) is 22.2. The van der Waals surface area contributed by atoms with Gasteiger partial charge in [0.05, 0.1) is 7.11 Å². The number of methoxy groups -OCH3 is 1. The molecule has 0 unspecified atom stereocenters. The Bertz CT molecular complexity index is 823. The number of ether oxygens (including phenoxy) is 3. The van der Waals surface area contributed by atoms with Crippen molar-refractivity contribution in [3.63, 3.8) is 0 Å². The maximum Gasteiger partial charge on any atom is 0.343 e. The Hall–Kier alpha value is -3.09. The molecule has 0 fully saturated rings. The molecule has 0 spiro atoms. The molecule has 1 N–H and O–H groups in total. The number of cyclic esters (lactones) is 1. The molecule has 2 atom stereocenters. The van der Waals surface area contributed by atoms with E-state index in [4.69, 9.17) is 9.47 Å². The zero-order chi connectivity index (χ0) is 21.4. The maximum absolute atomic E-state index is 12.7. The van der Waals surface area contributed by atoms with Crippen molar-refractivity contribution in [3.05, 3.63) is 41.5 Å². The second-order valence-corrected chi connectivity index (χ2v) is 6.86. The van der Waals surface area contributed by atoms with Gasteiger partial charge in [-0.2, -0.15) is 0 Å². The first-order chi connectivity index (χ1) is 13.8. The van der Waals surface area contributed by atoms with Crippen molar-refractivity contribution in [3.8, 4) is 11.5 Å². The molecule has 0 radical (unpaired) electrons. The number of phenolic OH excluding ortho intramolecular Hbond substituents is 1. The fraction of sp³-hybridized carbons (Fsp3) is 0.409. The Morgan fingerprint density at radius 1 is 1.24 bits per heavy atom. The van der Waals surface area contributed by atoms with Crippen LogP contribution in [0.3, 0.4) is 0 Å². The van der Waals surface area contributed by atoms with E-state index < -0.39 is 18.0 Å². The molecule has 29 heavy (non-hydrogen) atoms. The number of carbonyl (C=O) groups is 3. The standard InChI is InChI=1S/C22H26O7/c1-14-9-10-17(23)8-6-4-5-7-16-11-18(28-13-20(25)27-3)12-19(24)21(16)22(26)29-15(14)2/h5,7,9-12,14-15,24H,4,6,8,13H2,1-3H3/b7-5+,10-9-/t14-,15+/m1/s1. The Morgan fingerprint density at radius 3 is 2.72 bits per heavy atom. The number of esters is 2. The van der Waals surface area contributed by atoms with Gasteiger partial charge in [0.15, 0.2) is 12.4 Å². The molecule has 7 nitrogen and oxygen atoms in total. The van der Waals surface area contributed by atoms with E-state index in [1.54, 1.807) is 25.1 Å². The summed E-state index contributed by atoms with van der Waals surface area (Å²) in [5.74, 6) is -1.50. The molecule has 1 aromatic carbocycles. The van der Waals surface area contributed by atoms with Crippen LogP contribution in [0, 0.1) is 5.92 Å². The van der Waals surface area contributed by atoms with Crippen molar-refractivity contribution in [1.29, 1.82) is 0 Å². The van der Waals surface area contributed by atoms with Crippen molar-refractivity contribution in [1.82, 2.24) is 0 Å². The van der Waals surface area contributed by atoms with Crippen LogP contribution in [0.5, 0.6) is 11.5 Å². The highest BCUT2D eigenvalue weighted by molar-refractivity contribution is 5.97. The lowest BCUT2D eigenvalue weighted by molar-refractivity contribution is -0.142. The molecular weight excluding hydrogens is 376 g/mol. The molecule has 1 aliphatic rings. The minimum Gasteiger partial charge on any atom is -0.507 e. The number of hydrogen-bond acceptors (Lipinski definition) is 7.